The molecule has 0 N–H and O–H groups in total. The number of nitrogens with zero attached hydrogens (tertiary/aromatic N) is 2. The highest BCUT2D eigenvalue weighted by atomic mass is 14.7. The Morgan fingerprint density at radius 1 is 1.55 bits per heavy atom. The minimum absolute atomic E-state index is 0.937. The molecule has 1 heterocycles. The molecule has 0 aromatic carbocycles. The highest BCUT2D eigenvalue weighted by Crippen LogP contribution is 1.97. The predicted molar refractivity (Wildman–Crippen MR) is 47.1 cm³/mol. The van der Waals surface area contributed by atoms with Crippen LogP contribution in [0.2, 0.25) is 0 Å². The van der Waals surface area contributed by atoms with E-state index in [0.29, 0.717) is 0 Å². The van der Waals surface area contributed by atoms with Gasteiger partial charge in [-0.1, -0.05) is 13.0 Å². The van der Waals surface area contributed by atoms with Crippen molar-refractivity contribution in [3.8, 4) is 0 Å². The second-order valence-electron chi connectivity index (χ2n) is 2.29. The second-order valence-corrected chi connectivity index (χ2v) is 2.29. The topological polar surface area (TPSA) is 25.2 Å². The zero-order chi connectivity index (χ0) is 8.10. The molecule has 0 atom stereocenters. The molecular formula is C9H12N2. The van der Waals surface area contributed by atoms with Crippen LogP contribution < -0.4 is 0 Å². The maximum Gasteiger partial charge on any atom is 0.0810 e. The average molecular weight is 148 g/mol. The van der Waals surface area contributed by atoms with Gasteiger partial charge >= 0.3 is 0 Å². The molecule has 2 heteroatoms. The summed E-state index contributed by atoms with van der Waals surface area (Å²) in [5, 5.41) is 0. The summed E-state index contributed by atoms with van der Waals surface area (Å²) in [4.78, 5) is 8.23. The van der Waals surface area contributed by atoms with Gasteiger partial charge in [-0.05, 0) is 18.6 Å². The van der Waals surface area contributed by atoms with E-state index in [-0.39, 0.29) is 0 Å². The monoisotopic (exact) mass is 148 g/mol. The van der Waals surface area contributed by atoms with Crippen LogP contribution in [-0.4, -0.2) is 18.2 Å². The van der Waals surface area contributed by atoms with E-state index in [4.69, 9.17) is 0 Å². The van der Waals surface area contributed by atoms with E-state index in [1.165, 1.54) is 0 Å². The second kappa shape index (κ2) is 3.86. The first kappa shape index (κ1) is 7.92. The van der Waals surface area contributed by atoms with Gasteiger partial charge in [-0.25, -0.2) is 0 Å². The quantitative estimate of drug-likeness (QED) is 0.586. The van der Waals surface area contributed by atoms with Gasteiger partial charge in [0.1, 0.15) is 0 Å². The molecule has 58 valence electrons. The first-order valence-electron chi connectivity index (χ1n) is 3.75. The van der Waals surface area contributed by atoms with Gasteiger partial charge in [-0.2, -0.15) is 0 Å². The van der Waals surface area contributed by atoms with Crippen molar-refractivity contribution in [1.82, 2.24) is 4.98 Å². The lowest BCUT2D eigenvalue weighted by Gasteiger charge is -1.95. The summed E-state index contributed by atoms with van der Waals surface area (Å²) in [6.07, 6.45) is 2.74. The van der Waals surface area contributed by atoms with Crippen molar-refractivity contribution in [2.75, 3.05) is 7.05 Å². The van der Waals surface area contributed by atoms with Gasteiger partial charge in [-0.3, -0.25) is 9.98 Å². The molecule has 1 aromatic heterocycles. The van der Waals surface area contributed by atoms with Crippen molar-refractivity contribution in [3.05, 3.63) is 29.6 Å². The minimum atomic E-state index is 0.937. The molecule has 0 aliphatic carbocycles. The number of pyridine rings is 1. The van der Waals surface area contributed by atoms with Crippen LogP contribution in [0.25, 0.3) is 0 Å². The third-order valence-electron chi connectivity index (χ3n) is 1.45. The first-order chi connectivity index (χ1) is 5.36. The van der Waals surface area contributed by atoms with E-state index in [0.717, 1.165) is 17.8 Å². The maximum atomic E-state index is 4.33. The molecule has 0 saturated heterocycles. The highest BCUT2D eigenvalue weighted by Gasteiger charge is 1.90. The maximum absolute atomic E-state index is 4.33. The molecular weight excluding hydrogens is 136 g/mol. The van der Waals surface area contributed by atoms with Crippen molar-refractivity contribution >= 4 is 6.21 Å². The Morgan fingerprint density at radius 2 is 2.36 bits per heavy atom. The summed E-state index contributed by atoms with van der Waals surface area (Å²) in [5.41, 5.74) is 2.05. The molecule has 0 saturated carbocycles. The van der Waals surface area contributed by atoms with E-state index in [9.17, 15) is 0 Å². The number of aliphatic imine (C=N–C) groups is 1. The van der Waals surface area contributed by atoms with Crippen LogP contribution in [0.1, 0.15) is 18.3 Å². The van der Waals surface area contributed by atoms with Gasteiger partial charge in [0.15, 0.2) is 0 Å². The molecule has 1 rings (SSSR count). The molecule has 0 aliphatic heterocycles. The van der Waals surface area contributed by atoms with Crippen molar-refractivity contribution in [1.29, 1.82) is 0 Å². The number of aryl methyl sites for hydroxylation is 1. The van der Waals surface area contributed by atoms with Crippen molar-refractivity contribution in [2.24, 2.45) is 4.99 Å². The zero-order valence-electron chi connectivity index (χ0n) is 6.91. The normalized spacial score (nSPS) is 10.7. The smallest absolute Gasteiger partial charge is 0.0810 e. The Bertz CT molecular complexity index is 253. The molecule has 0 aliphatic rings. The predicted octanol–water partition coefficient (Wildman–Crippen LogP) is 1.69. The van der Waals surface area contributed by atoms with Gasteiger partial charge in [0.25, 0.3) is 0 Å². The Labute approximate surface area is 67.0 Å². The van der Waals surface area contributed by atoms with Crippen LogP contribution in [0.3, 0.4) is 0 Å². The fourth-order valence-electron chi connectivity index (χ4n) is 0.899. The molecule has 0 amide bonds. The SMILES string of the molecule is CCc1cccc(C=NC)n1. The largest absolute Gasteiger partial charge is 0.294 e. The van der Waals surface area contributed by atoms with E-state index >= 15 is 0 Å². The molecule has 1 aromatic rings. The Balaban J connectivity index is 2.91. The molecule has 0 unspecified atom stereocenters. The molecule has 0 fully saturated rings. The van der Waals surface area contributed by atoms with Crippen LogP contribution >= 0.6 is 0 Å². The molecule has 0 spiro atoms. The molecule has 0 bridgehead atoms. The summed E-state index contributed by atoms with van der Waals surface area (Å²) in [6, 6.07) is 5.97. The van der Waals surface area contributed by atoms with Gasteiger partial charge in [-0.15, -0.1) is 0 Å². The Morgan fingerprint density at radius 3 is 3.00 bits per heavy atom. The number of hydrogen-bond acceptors (Lipinski definition) is 2. The summed E-state index contributed by atoms with van der Waals surface area (Å²) in [6.45, 7) is 2.09. The summed E-state index contributed by atoms with van der Waals surface area (Å²) in [5.74, 6) is 0. The lowest BCUT2D eigenvalue weighted by Crippen LogP contribution is -1.91. The Kier molecular flexibility index (Phi) is 2.78. The van der Waals surface area contributed by atoms with Crippen LogP contribution in [0, 0.1) is 0 Å². The summed E-state index contributed by atoms with van der Waals surface area (Å²) in [7, 11) is 1.75. The fraction of sp³-hybridized carbons (Fsp3) is 0.333. The van der Waals surface area contributed by atoms with Crippen molar-refractivity contribution in [3.63, 3.8) is 0 Å². The number of aromatic nitrogens is 1. The zero-order valence-corrected chi connectivity index (χ0v) is 6.91. The number of hydrogen-bond donors (Lipinski definition) is 0. The van der Waals surface area contributed by atoms with E-state index < -0.39 is 0 Å². The first-order valence-corrected chi connectivity index (χ1v) is 3.75. The van der Waals surface area contributed by atoms with Crippen molar-refractivity contribution < 1.29 is 0 Å². The summed E-state index contributed by atoms with van der Waals surface area (Å²) < 4.78 is 0. The molecule has 0 radical (unpaired) electrons. The average Bonchev–Trinajstić information content (AvgIpc) is 2.06. The fourth-order valence-corrected chi connectivity index (χ4v) is 0.899. The van der Waals surface area contributed by atoms with Crippen LogP contribution in [-0.2, 0) is 6.42 Å². The lowest BCUT2D eigenvalue weighted by atomic mass is 10.2. The van der Waals surface area contributed by atoms with Crippen LogP contribution in [0.15, 0.2) is 23.2 Å². The molecule has 2 nitrogen and oxygen atoms in total. The van der Waals surface area contributed by atoms with Gasteiger partial charge in [0.05, 0.1) is 5.69 Å². The standard InChI is InChI=1S/C9H12N2/c1-3-8-5-4-6-9(11-8)7-10-2/h4-7H,3H2,1-2H3. The van der Waals surface area contributed by atoms with Crippen LogP contribution in [0.5, 0.6) is 0 Å². The van der Waals surface area contributed by atoms with E-state index in [1.807, 2.05) is 18.2 Å². The van der Waals surface area contributed by atoms with E-state index in [2.05, 4.69) is 16.9 Å². The Hall–Kier alpha value is -1.18. The third kappa shape index (κ3) is 2.15. The van der Waals surface area contributed by atoms with Gasteiger partial charge in [0.2, 0.25) is 0 Å². The highest BCUT2D eigenvalue weighted by molar-refractivity contribution is 5.76. The van der Waals surface area contributed by atoms with Gasteiger partial charge in [0, 0.05) is 19.0 Å². The van der Waals surface area contributed by atoms with Crippen molar-refractivity contribution in [2.45, 2.75) is 13.3 Å². The van der Waals surface area contributed by atoms with Gasteiger partial charge < -0.3 is 0 Å². The van der Waals surface area contributed by atoms with Crippen LogP contribution in [0.4, 0.5) is 0 Å². The summed E-state index contributed by atoms with van der Waals surface area (Å²) >= 11 is 0. The lowest BCUT2D eigenvalue weighted by molar-refractivity contribution is 1.03. The molecule has 11 heavy (non-hydrogen) atoms. The minimum Gasteiger partial charge on any atom is -0.294 e. The number of rotatable bonds is 2. The third-order valence-corrected chi connectivity index (χ3v) is 1.45. The van der Waals surface area contributed by atoms with E-state index in [1.54, 1.807) is 13.3 Å².